The minimum Gasteiger partial charge on any atom is -0.468 e. The van der Waals surface area contributed by atoms with Gasteiger partial charge in [-0.3, -0.25) is 10.1 Å². The molecule has 118 valence electrons. The molecule has 0 saturated carbocycles. The molecule has 0 amide bonds. The summed E-state index contributed by atoms with van der Waals surface area (Å²) in [5.41, 5.74) is 2.55. The van der Waals surface area contributed by atoms with Gasteiger partial charge in [-0.2, -0.15) is 0 Å². The maximum Gasteiger partial charge on any atom is 0.323 e. The molecule has 1 rings (SSSR count). The van der Waals surface area contributed by atoms with Crippen molar-refractivity contribution in [3.05, 3.63) is 35.4 Å². The fourth-order valence-electron chi connectivity index (χ4n) is 2.44. The number of hydrogen-bond acceptors (Lipinski definition) is 3. The maximum atomic E-state index is 11.8. The normalized spacial score (nSPS) is 14.3. The summed E-state index contributed by atoms with van der Waals surface area (Å²) in [7, 11) is 1.44. The predicted octanol–water partition coefficient (Wildman–Crippen LogP) is 3.73. The van der Waals surface area contributed by atoms with Gasteiger partial charge in [0.15, 0.2) is 0 Å². The van der Waals surface area contributed by atoms with Gasteiger partial charge in [0.05, 0.1) is 7.11 Å². The second kappa shape index (κ2) is 8.18. The van der Waals surface area contributed by atoms with Crippen LogP contribution in [-0.2, 0) is 16.0 Å². The van der Waals surface area contributed by atoms with Crippen LogP contribution in [0, 0.1) is 11.8 Å². The van der Waals surface area contributed by atoms with Crippen LogP contribution in [0.3, 0.4) is 0 Å². The van der Waals surface area contributed by atoms with Crippen molar-refractivity contribution in [3.63, 3.8) is 0 Å². The van der Waals surface area contributed by atoms with Gasteiger partial charge in [0.1, 0.15) is 6.04 Å². The monoisotopic (exact) mass is 291 g/mol. The Morgan fingerprint density at radius 2 is 1.67 bits per heavy atom. The molecular weight excluding hydrogens is 262 g/mol. The molecule has 0 aliphatic carbocycles. The minimum absolute atomic E-state index is 0.115. The van der Waals surface area contributed by atoms with E-state index < -0.39 is 0 Å². The topological polar surface area (TPSA) is 38.3 Å². The third-order valence-electron chi connectivity index (χ3n) is 3.68. The van der Waals surface area contributed by atoms with Gasteiger partial charge in [-0.15, -0.1) is 0 Å². The fourth-order valence-corrected chi connectivity index (χ4v) is 2.44. The van der Waals surface area contributed by atoms with E-state index in [0.717, 1.165) is 6.42 Å². The molecule has 1 aromatic carbocycles. The first-order valence-electron chi connectivity index (χ1n) is 7.77. The fraction of sp³-hybridized carbons (Fsp3) is 0.611. The summed E-state index contributed by atoms with van der Waals surface area (Å²) in [5, 5.41) is 3.37. The average Bonchev–Trinajstić information content (AvgIpc) is 2.43. The molecule has 0 fully saturated rings. The van der Waals surface area contributed by atoms with Crippen molar-refractivity contribution in [2.24, 2.45) is 11.8 Å². The zero-order chi connectivity index (χ0) is 16.0. The van der Waals surface area contributed by atoms with E-state index in [4.69, 9.17) is 4.74 Å². The van der Waals surface area contributed by atoms with Gasteiger partial charge in [0.25, 0.3) is 0 Å². The molecule has 0 aliphatic heterocycles. The lowest BCUT2D eigenvalue weighted by molar-refractivity contribution is -0.144. The molecular formula is C18H29NO2. The van der Waals surface area contributed by atoms with Crippen molar-refractivity contribution in [2.75, 3.05) is 7.11 Å². The largest absolute Gasteiger partial charge is 0.468 e. The Kier molecular flexibility index (Phi) is 6.90. The number of carbonyl (C=O) groups is 1. The molecule has 21 heavy (non-hydrogen) atoms. The van der Waals surface area contributed by atoms with Crippen LogP contribution in [0.15, 0.2) is 24.3 Å². The van der Waals surface area contributed by atoms with Gasteiger partial charge in [-0.1, -0.05) is 52.0 Å². The highest BCUT2D eigenvalue weighted by atomic mass is 16.5. The van der Waals surface area contributed by atoms with Gasteiger partial charge in [-0.05, 0) is 36.3 Å². The second-order valence-corrected chi connectivity index (χ2v) is 6.47. The van der Waals surface area contributed by atoms with E-state index >= 15 is 0 Å². The first kappa shape index (κ1) is 17.7. The molecule has 1 N–H and O–H groups in total. The highest BCUT2D eigenvalue weighted by Gasteiger charge is 2.24. The first-order chi connectivity index (χ1) is 9.85. The summed E-state index contributed by atoms with van der Waals surface area (Å²) in [5.74, 6) is 0.657. The Labute approximate surface area is 129 Å². The maximum absolute atomic E-state index is 11.8. The Balaban J connectivity index is 2.73. The molecule has 0 spiro atoms. The third-order valence-corrected chi connectivity index (χ3v) is 3.68. The van der Waals surface area contributed by atoms with Crippen molar-refractivity contribution in [1.82, 2.24) is 5.32 Å². The van der Waals surface area contributed by atoms with Gasteiger partial charge in [-0.25, -0.2) is 0 Å². The lowest BCUT2D eigenvalue weighted by Crippen LogP contribution is -2.42. The Bertz CT molecular complexity index is 437. The standard InChI is InChI=1S/C18H29NO2/c1-12(2)11-15-7-9-16(10-8-15)14(5)19-17(13(3)4)18(20)21-6/h7-10,12-14,17,19H,11H2,1-6H3/t14?,17-/m0/s1. The molecule has 0 bridgehead atoms. The number of nitrogens with one attached hydrogen (secondary N) is 1. The number of hydrogen-bond donors (Lipinski definition) is 1. The Hall–Kier alpha value is -1.35. The van der Waals surface area contributed by atoms with Crippen LogP contribution >= 0.6 is 0 Å². The lowest BCUT2D eigenvalue weighted by Gasteiger charge is -2.24. The number of carbonyl (C=O) groups excluding carboxylic acids is 1. The first-order valence-corrected chi connectivity index (χ1v) is 7.77. The number of rotatable bonds is 7. The highest BCUT2D eigenvalue weighted by Crippen LogP contribution is 2.18. The van der Waals surface area contributed by atoms with Crippen molar-refractivity contribution >= 4 is 5.97 Å². The van der Waals surface area contributed by atoms with Crippen LogP contribution in [0.1, 0.15) is 51.8 Å². The summed E-state index contributed by atoms with van der Waals surface area (Å²) < 4.78 is 4.87. The smallest absolute Gasteiger partial charge is 0.323 e. The molecule has 0 aliphatic rings. The van der Waals surface area contributed by atoms with Crippen LogP contribution in [-0.4, -0.2) is 19.1 Å². The van der Waals surface area contributed by atoms with E-state index in [9.17, 15) is 4.79 Å². The summed E-state index contributed by atoms with van der Waals surface area (Å²) in [6.45, 7) is 10.6. The van der Waals surface area contributed by atoms with Crippen LogP contribution in [0.25, 0.3) is 0 Å². The Morgan fingerprint density at radius 1 is 1.10 bits per heavy atom. The number of methoxy groups -OCH3 is 1. The highest BCUT2D eigenvalue weighted by molar-refractivity contribution is 5.76. The number of esters is 1. The molecule has 0 saturated heterocycles. The van der Waals surface area contributed by atoms with Crippen molar-refractivity contribution < 1.29 is 9.53 Å². The van der Waals surface area contributed by atoms with E-state index in [1.165, 1.54) is 18.2 Å². The van der Waals surface area contributed by atoms with E-state index in [-0.39, 0.29) is 24.0 Å². The zero-order valence-corrected chi connectivity index (χ0v) is 14.1. The van der Waals surface area contributed by atoms with Crippen molar-refractivity contribution in [2.45, 2.75) is 53.1 Å². The third kappa shape index (κ3) is 5.50. The second-order valence-electron chi connectivity index (χ2n) is 6.47. The predicted molar refractivity (Wildman–Crippen MR) is 87.2 cm³/mol. The van der Waals surface area contributed by atoms with E-state index in [1.54, 1.807) is 0 Å². The van der Waals surface area contributed by atoms with Crippen LogP contribution in [0.4, 0.5) is 0 Å². The molecule has 3 nitrogen and oxygen atoms in total. The SMILES string of the molecule is COC(=O)[C@@H](NC(C)c1ccc(CC(C)C)cc1)C(C)C. The molecule has 1 unspecified atom stereocenters. The lowest BCUT2D eigenvalue weighted by atomic mass is 9.98. The van der Waals surface area contributed by atoms with Crippen LogP contribution in [0.5, 0.6) is 0 Å². The quantitative estimate of drug-likeness (QED) is 0.778. The zero-order valence-electron chi connectivity index (χ0n) is 14.1. The summed E-state index contributed by atoms with van der Waals surface area (Å²) in [6.07, 6.45) is 1.10. The molecule has 2 atom stereocenters. The van der Waals surface area contributed by atoms with Gasteiger partial charge in [0, 0.05) is 6.04 Å². The molecule has 0 radical (unpaired) electrons. The van der Waals surface area contributed by atoms with E-state index in [0.29, 0.717) is 5.92 Å². The van der Waals surface area contributed by atoms with E-state index in [1.807, 2.05) is 13.8 Å². The minimum atomic E-state index is -0.277. The van der Waals surface area contributed by atoms with Gasteiger partial charge < -0.3 is 4.74 Å². The summed E-state index contributed by atoms with van der Waals surface area (Å²) in [6, 6.07) is 8.48. The van der Waals surface area contributed by atoms with Crippen molar-refractivity contribution in [1.29, 1.82) is 0 Å². The van der Waals surface area contributed by atoms with Crippen LogP contribution in [0.2, 0.25) is 0 Å². The molecule has 3 heteroatoms. The molecule has 0 aromatic heterocycles. The van der Waals surface area contributed by atoms with Gasteiger partial charge in [0.2, 0.25) is 0 Å². The van der Waals surface area contributed by atoms with E-state index in [2.05, 4.69) is 50.4 Å². The number of benzene rings is 1. The van der Waals surface area contributed by atoms with Crippen molar-refractivity contribution in [3.8, 4) is 0 Å². The van der Waals surface area contributed by atoms with Crippen LogP contribution < -0.4 is 5.32 Å². The summed E-state index contributed by atoms with van der Waals surface area (Å²) >= 11 is 0. The number of ether oxygens (including phenoxy) is 1. The Morgan fingerprint density at radius 3 is 2.10 bits per heavy atom. The average molecular weight is 291 g/mol. The summed E-state index contributed by atoms with van der Waals surface area (Å²) in [4.78, 5) is 11.8. The molecule has 1 aromatic rings. The molecule has 0 heterocycles. The van der Waals surface area contributed by atoms with Gasteiger partial charge >= 0.3 is 5.97 Å².